The van der Waals surface area contributed by atoms with Gasteiger partial charge >= 0.3 is 0 Å². The number of halogens is 1. The van der Waals surface area contributed by atoms with E-state index in [-0.39, 0.29) is 5.91 Å². The number of rotatable bonds is 2. The standard InChI is InChI=1S/C13H11ClN2O2S/c1-7-6-15-13(19-7)16-12(17)11-5-8-4-9(14)2-3-10(8)18-11/h2-4,6,11H,5H2,1H3,(H,15,16,17)/t11-/m1/s1. The molecule has 1 aromatic heterocycles. The minimum Gasteiger partial charge on any atom is -0.480 e. The van der Waals surface area contributed by atoms with Crippen molar-refractivity contribution in [3.63, 3.8) is 0 Å². The molecule has 1 amide bonds. The summed E-state index contributed by atoms with van der Waals surface area (Å²) in [5.74, 6) is 0.543. The predicted molar refractivity (Wildman–Crippen MR) is 75.1 cm³/mol. The first-order valence-electron chi connectivity index (χ1n) is 5.80. The Balaban J connectivity index is 1.70. The van der Waals surface area contributed by atoms with Gasteiger partial charge in [0.05, 0.1) is 0 Å². The van der Waals surface area contributed by atoms with Crippen LogP contribution in [0.4, 0.5) is 5.13 Å². The molecule has 2 aromatic rings. The minimum atomic E-state index is -0.516. The average molecular weight is 295 g/mol. The minimum absolute atomic E-state index is 0.179. The molecule has 1 N–H and O–H groups in total. The number of amides is 1. The summed E-state index contributed by atoms with van der Waals surface area (Å²) >= 11 is 7.36. The molecule has 1 aromatic carbocycles. The number of thiazole rings is 1. The Bertz CT molecular complexity index is 641. The van der Waals surface area contributed by atoms with Gasteiger partial charge in [-0.15, -0.1) is 11.3 Å². The Morgan fingerprint density at radius 1 is 1.58 bits per heavy atom. The van der Waals surface area contributed by atoms with Crippen LogP contribution in [0.1, 0.15) is 10.4 Å². The van der Waals surface area contributed by atoms with Gasteiger partial charge in [0, 0.05) is 22.5 Å². The maximum atomic E-state index is 12.1. The molecule has 1 aliphatic heterocycles. The number of fused-ring (bicyclic) bond motifs is 1. The molecule has 0 fully saturated rings. The molecular weight excluding hydrogens is 284 g/mol. The average Bonchev–Trinajstić information content (AvgIpc) is 2.95. The summed E-state index contributed by atoms with van der Waals surface area (Å²) in [4.78, 5) is 17.2. The van der Waals surface area contributed by atoms with Gasteiger partial charge in [-0.1, -0.05) is 11.6 Å². The largest absolute Gasteiger partial charge is 0.480 e. The molecular formula is C13H11ClN2O2S. The van der Waals surface area contributed by atoms with E-state index in [1.54, 1.807) is 18.3 Å². The first-order chi connectivity index (χ1) is 9.11. The number of hydrogen-bond donors (Lipinski definition) is 1. The number of carbonyl (C=O) groups is 1. The van der Waals surface area contributed by atoms with Crippen LogP contribution in [0, 0.1) is 6.92 Å². The molecule has 6 heteroatoms. The van der Waals surface area contributed by atoms with Gasteiger partial charge in [-0.2, -0.15) is 0 Å². The van der Waals surface area contributed by atoms with E-state index in [4.69, 9.17) is 16.3 Å². The fraction of sp³-hybridized carbons (Fsp3) is 0.231. The maximum Gasteiger partial charge on any atom is 0.267 e. The van der Waals surface area contributed by atoms with Gasteiger partial charge in [0.2, 0.25) is 0 Å². The van der Waals surface area contributed by atoms with E-state index in [0.717, 1.165) is 16.2 Å². The van der Waals surface area contributed by atoms with Crippen molar-refractivity contribution in [2.75, 3.05) is 5.32 Å². The molecule has 98 valence electrons. The normalized spacial score (nSPS) is 16.8. The second-order valence-corrected chi connectivity index (χ2v) is 6.00. The van der Waals surface area contributed by atoms with Crippen LogP contribution in [0.3, 0.4) is 0 Å². The lowest BCUT2D eigenvalue weighted by Gasteiger charge is -2.09. The van der Waals surface area contributed by atoms with Crippen molar-refractivity contribution >= 4 is 34.0 Å². The van der Waals surface area contributed by atoms with Crippen LogP contribution >= 0.6 is 22.9 Å². The zero-order chi connectivity index (χ0) is 13.4. The van der Waals surface area contributed by atoms with Gasteiger partial charge in [-0.05, 0) is 30.7 Å². The van der Waals surface area contributed by atoms with Crippen LogP contribution in [-0.2, 0) is 11.2 Å². The van der Waals surface area contributed by atoms with Gasteiger partial charge in [0.1, 0.15) is 5.75 Å². The highest BCUT2D eigenvalue weighted by molar-refractivity contribution is 7.15. The van der Waals surface area contributed by atoms with Crippen molar-refractivity contribution in [3.05, 3.63) is 39.9 Å². The van der Waals surface area contributed by atoms with Crippen molar-refractivity contribution < 1.29 is 9.53 Å². The molecule has 0 saturated carbocycles. The SMILES string of the molecule is Cc1cnc(NC(=O)[C@H]2Cc3cc(Cl)ccc3O2)s1. The number of nitrogens with one attached hydrogen (secondary N) is 1. The molecule has 3 rings (SSSR count). The van der Waals surface area contributed by atoms with Crippen molar-refractivity contribution in [1.29, 1.82) is 0 Å². The molecule has 2 heterocycles. The lowest BCUT2D eigenvalue weighted by molar-refractivity contribution is -0.122. The fourth-order valence-corrected chi connectivity index (χ4v) is 2.82. The Morgan fingerprint density at radius 3 is 3.16 bits per heavy atom. The van der Waals surface area contributed by atoms with Crippen LogP contribution in [0.25, 0.3) is 0 Å². The van der Waals surface area contributed by atoms with Crippen molar-refractivity contribution in [1.82, 2.24) is 4.98 Å². The summed E-state index contributed by atoms with van der Waals surface area (Å²) in [5.41, 5.74) is 0.961. The molecule has 0 spiro atoms. The molecule has 0 aliphatic carbocycles. The van der Waals surface area contributed by atoms with E-state index < -0.39 is 6.10 Å². The Morgan fingerprint density at radius 2 is 2.42 bits per heavy atom. The van der Waals surface area contributed by atoms with Crippen LogP contribution in [0.15, 0.2) is 24.4 Å². The topological polar surface area (TPSA) is 51.2 Å². The van der Waals surface area contributed by atoms with Crippen molar-refractivity contribution in [2.24, 2.45) is 0 Å². The zero-order valence-corrected chi connectivity index (χ0v) is 11.7. The molecule has 0 bridgehead atoms. The monoisotopic (exact) mass is 294 g/mol. The third kappa shape index (κ3) is 2.57. The Labute approximate surface area is 119 Å². The number of carbonyl (C=O) groups excluding carboxylic acids is 1. The summed E-state index contributed by atoms with van der Waals surface area (Å²) < 4.78 is 5.61. The van der Waals surface area contributed by atoms with Crippen LogP contribution in [-0.4, -0.2) is 17.0 Å². The van der Waals surface area contributed by atoms with Crippen molar-refractivity contribution in [2.45, 2.75) is 19.4 Å². The number of benzene rings is 1. The summed E-state index contributed by atoms with van der Waals surface area (Å²) in [5, 5.41) is 4.01. The first-order valence-corrected chi connectivity index (χ1v) is 6.99. The third-order valence-electron chi connectivity index (χ3n) is 2.84. The zero-order valence-electron chi connectivity index (χ0n) is 10.1. The van der Waals surface area contributed by atoms with E-state index in [1.165, 1.54) is 11.3 Å². The third-order valence-corrected chi connectivity index (χ3v) is 3.90. The van der Waals surface area contributed by atoms with Gasteiger partial charge < -0.3 is 4.74 Å². The van der Waals surface area contributed by atoms with E-state index in [2.05, 4.69) is 10.3 Å². The number of aryl methyl sites for hydroxylation is 1. The van der Waals surface area contributed by atoms with Gasteiger partial charge in [0.15, 0.2) is 11.2 Å². The van der Waals surface area contributed by atoms with Gasteiger partial charge in [0.25, 0.3) is 5.91 Å². The summed E-state index contributed by atoms with van der Waals surface area (Å²) in [6, 6.07) is 5.38. The molecule has 19 heavy (non-hydrogen) atoms. The molecule has 0 saturated heterocycles. The number of anilines is 1. The maximum absolute atomic E-state index is 12.1. The van der Waals surface area contributed by atoms with Crippen LogP contribution < -0.4 is 10.1 Å². The lowest BCUT2D eigenvalue weighted by atomic mass is 10.1. The highest BCUT2D eigenvalue weighted by atomic mass is 35.5. The second-order valence-electron chi connectivity index (χ2n) is 4.33. The van der Waals surface area contributed by atoms with Gasteiger partial charge in [-0.3, -0.25) is 10.1 Å². The molecule has 1 aliphatic rings. The summed E-state index contributed by atoms with van der Waals surface area (Å²) in [6.45, 7) is 1.94. The number of aromatic nitrogens is 1. The van der Waals surface area contributed by atoms with Crippen LogP contribution in [0.5, 0.6) is 5.75 Å². The molecule has 1 atom stereocenters. The highest BCUT2D eigenvalue weighted by Crippen LogP contribution is 2.31. The van der Waals surface area contributed by atoms with E-state index in [1.807, 2.05) is 13.0 Å². The number of ether oxygens (including phenoxy) is 1. The molecule has 4 nitrogen and oxygen atoms in total. The molecule has 0 radical (unpaired) electrons. The quantitative estimate of drug-likeness (QED) is 0.926. The summed E-state index contributed by atoms with van der Waals surface area (Å²) in [6.07, 6.45) is 1.74. The van der Waals surface area contributed by atoms with E-state index in [0.29, 0.717) is 16.6 Å². The first kappa shape index (κ1) is 12.4. The fourth-order valence-electron chi connectivity index (χ4n) is 1.96. The smallest absolute Gasteiger partial charge is 0.267 e. The molecule has 0 unspecified atom stereocenters. The number of nitrogens with zero attached hydrogens (tertiary/aromatic N) is 1. The van der Waals surface area contributed by atoms with Crippen molar-refractivity contribution in [3.8, 4) is 5.75 Å². The predicted octanol–water partition coefficient (Wildman–Crippen LogP) is 3.05. The number of hydrogen-bond acceptors (Lipinski definition) is 4. The highest BCUT2D eigenvalue weighted by Gasteiger charge is 2.29. The van der Waals surface area contributed by atoms with E-state index >= 15 is 0 Å². The lowest BCUT2D eigenvalue weighted by Crippen LogP contribution is -2.31. The summed E-state index contributed by atoms with van der Waals surface area (Å²) in [7, 11) is 0. The second kappa shape index (κ2) is 4.83. The van der Waals surface area contributed by atoms with E-state index in [9.17, 15) is 4.79 Å². The Kier molecular flexibility index (Phi) is 3.16. The Hall–Kier alpha value is -1.59. The van der Waals surface area contributed by atoms with Gasteiger partial charge in [-0.25, -0.2) is 4.98 Å². The van der Waals surface area contributed by atoms with Crippen LogP contribution in [0.2, 0.25) is 5.02 Å².